The van der Waals surface area contributed by atoms with Crippen molar-refractivity contribution in [3.8, 4) is 5.75 Å². The van der Waals surface area contributed by atoms with Crippen LogP contribution in [0.4, 0.5) is 0 Å². The molecule has 1 aromatic carbocycles. The number of allylic oxidation sites excluding steroid dienone is 2. The van der Waals surface area contributed by atoms with E-state index in [2.05, 4.69) is 0 Å². The first kappa shape index (κ1) is 8.56. The largest absolute Gasteiger partial charge is 0.451 e. The summed E-state index contributed by atoms with van der Waals surface area (Å²) < 4.78 is 5.34. The predicted molar refractivity (Wildman–Crippen MR) is 53.4 cm³/mol. The Morgan fingerprint density at radius 3 is 2.86 bits per heavy atom. The number of rotatable bonds is 1. The van der Waals surface area contributed by atoms with Gasteiger partial charge in [0.25, 0.3) is 5.91 Å². The van der Waals surface area contributed by atoms with E-state index < -0.39 is 5.91 Å². The molecule has 1 heterocycles. The number of amides is 1. The molecule has 2 N–H and O–H groups in total. The second-order valence-corrected chi connectivity index (χ2v) is 2.89. The molecule has 0 aromatic heterocycles. The van der Waals surface area contributed by atoms with Gasteiger partial charge in [-0.15, -0.1) is 0 Å². The summed E-state index contributed by atoms with van der Waals surface area (Å²) in [6, 6.07) is 7.45. The van der Waals surface area contributed by atoms with Crippen LogP contribution in [0.15, 0.2) is 42.2 Å². The molecule has 3 heteroatoms. The first-order valence-electron chi connectivity index (χ1n) is 4.22. The van der Waals surface area contributed by atoms with E-state index in [-0.39, 0.29) is 5.76 Å². The average molecular weight is 187 g/mol. The molecule has 14 heavy (non-hydrogen) atoms. The summed E-state index contributed by atoms with van der Waals surface area (Å²) >= 11 is 0. The minimum atomic E-state index is -0.564. The maximum absolute atomic E-state index is 10.9. The molecular weight excluding hydrogens is 178 g/mol. The molecule has 1 aliphatic rings. The van der Waals surface area contributed by atoms with Crippen LogP contribution in [-0.4, -0.2) is 5.91 Å². The second kappa shape index (κ2) is 3.38. The van der Waals surface area contributed by atoms with Gasteiger partial charge in [0.05, 0.1) is 0 Å². The fraction of sp³-hybridized carbons (Fsp3) is 0. The lowest BCUT2D eigenvalue weighted by Gasteiger charge is -2.06. The molecule has 0 unspecified atom stereocenters. The maximum atomic E-state index is 10.9. The van der Waals surface area contributed by atoms with Crippen molar-refractivity contribution in [2.75, 3.05) is 0 Å². The fourth-order valence-corrected chi connectivity index (χ4v) is 1.24. The summed E-state index contributed by atoms with van der Waals surface area (Å²) in [6.45, 7) is 0. The Morgan fingerprint density at radius 2 is 2.07 bits per heavy atom. The Balaban J connectivity index is 2.42. The number of fused-ring (bicyclic) bond motifs is 1. The monoisotopic (exact) mass is 187 g/mol. The standard InChI is InChI=1S/C11H9NO2/c12-11(13)10-7-3-5-8-4-1-2-6-9(8)14-10/h1-7H,(H2,12,13). The van der Waals surface area contributed by atoms with Crippen LogP contribution in [0.3, 0.4) is 0 Å². The Morgan fingerprint density at radius 1 is 1.29 bits per heavy atom. The third-order valence-corrected chi connectivity index (χ3v) is 1.91. The van der Waals surface area contributed by atoms with Gasteiger partial charge in [-0.3, -0.25) is 4.79 Å². The average Bonchev–Trinajstić information content (AvgIpc) is 2.39. The molecule has 1 aliphatic heterocycles. The zero-order chi connectivity index (χ0) is 9.97. The van der Waals surface area contributed by atoms with E-state index in [0.717, 1.165) is 5.56 Å². The Kier molecular flexibility index (Phi) is 2.07. The quantitative estimate of drug-likeness (QED) is 0.723. The van der Waals surface area contributed by atoms with E-state index in [1.165, 1.54) is 0 Å². The van der Waals surface area contributed by atoms with E-state index in [1.807, 2.05) is 24.3 Å². The number of carbonyl (C=O) groups excluding carboxylic acids is 1. The van der Waals surface area contributed by atoms with Crippen molar-refractivity contribution >= 4 is 12.0 Å². The van der Waals surface area contributed by atoms with Gasteiger partial charge in [-0.2, -0.15) is 0 Å². The molecule has 0 radical (unpaired) electrons. The van der Waals surface area contributed by atoms with Crippen molar-refractivity contribution in [3.05, 3.63) is 47.7 Å². The molecule has 0 saturated carbocycles. The fourth-order valence-electron chi connectivity index (χ4n) is 1.24. The number of benzene rings is 1. The minimum Gasteiger partial charge on any atom is -0.451 e. The van der Waals surface area contributed by atoms with Crippen molar-refractivity contribution in [1.29, 1.82) is 0 Å². The number of nitrogens with two attached hydrogens (primary N) is 1. The van der Waals surface area contributed by atoms with Crippen LogP contribution in [-0.2, 0) is 4.79 Å². The summed E-state index contributed by atoms with van der Waals surface area (Å²) in [5.74, 6) is 0.240. The van der Waals surface area contributed by atoms with E-state index in [1.54, 1.807) is 18.2 Å². The SMILES string of the molecule is NC(=O)C1=CC=Cc2ccccc2O1. The molecular formula is C11H9NO2. The molecule has 1 aromatic rings. The van der Waals surface area contributed by atoms with Crippen LogP contribution in [0.25, 0.3) is 6.08 Å². The van der Waals surface area contributed by atoms with E-state index in [4.69, 9.17) is 10.5 Å². The lowest BCUT2D eigenvalue weighted by atomic mass is 10.2. The van der Waals surface area contributed by atoms with Gasteiger partial charge in [-0.1, -0.05) is 30.4 Å². The smallest absolute Gasteiger partial charge is 0.284 e. The number of hydrogen-bond acceptors (Lipinski definition) is 2. The Bertz CT molecular complexity index is 433. The summed E-state index contributed by atoms with van der Waals surface area (Å²) in [5, 5.41) is 0. The van der Waals surface area contributed by atoms with Gasteiger partial charge in [0.2, 0.25) is 0 Å². The van der Waals surface area contributed by atoms with Gasteiger partial charge < -0.3 is 10.5 Å². The highest BCUT2D eigenvalue weighted by Crippen LogP contribution is 2.23. The van der Waals surface area contributed by atoms with Gasteiger partial charge in [0.1, 0.15) is 5.75 Å². The molecule has 0 atom stereocenters. The van der Waals surface area contributed by atoms with E-state index >= 15 is 0 Å². The van der Waals surface area contributed by atoms with E-state index in [9.17, 15) is 4.79 Å². The molecule has 0 fully saturated rings. The van der Waals surface area contributed by atoms with Gasteiger partial charge in [-0.25, -0.2) is 0 Å². The first-order chi connectivity index (χ1) is 6.77. The molecule has 0 saturated heterocycles. The van der Waals surface area contributed by atoms with Crippen LogP contribution in [0.5, 0.6) is 5.75 Å². The number of ether oxygens (including phenoxy) is 1. The molecule has 3 nitrogen and oxygen atoms in total. The van der Waals surface area contributed by atoms with Crippen LogP contribution in [0, 0.1) is 0 Å². The highest BCUT2D eigenvalue weighted by atomic mass is 16.5. The van der Waals surface area contributed by atoms with Crippen molar-refractivity contribution in [1.82, 2.24) is 0 Å². The third-order valence-electron chi connectivity index (χ3n) is 1.91. The highest BCUT2D eigenvalue weighted by molar-refractivity contribution is 5.91. The molecule has 1 amide bonds. The summed E-state index contributed by atoms with van der Waals surface area (Å²) in [4.78, 5) is 10.9. The summed E-state index contributed by atoms with van der Waals surface area (Å²) in [5.41, 5.74) is 6.06. The maximum Gasteiger partial charge on any atom is 0.284 e. The summed E-state index contributed by atoms with van der Waals surface area (Å²) in [7, 11) is 0. The zero-order valence-corrected chi connectivity index (χ0v) is 7.44. The van der Waals surface area contributed by atoms with Crippen LogP contribution in [0.1, 0.15) is 5.56 Å². The molecule has 0 bridgehead atoms. The predicted octanol–water partition coefficient (Wildman–Crippen LogP) is 1.46. The van der Waals surface area contributed by atoms with Crippen LogP contribution in [0.2, 0.25) is 0 Å². The van der Waals surface area contributed by atoms with Gasteiger partial charge in [0, 0.05) is 5.56 Å². The molecule has 2 rings (SSSR count). The van der Waals surface area contributed by atoms with E-state index in [0.29, 0.717) is 5.75 Å². The number of para-hydroxylation sites is 1. The normalized spacial score (nSPS) is 13.6. The molecule has 70 valence electrons. The van der Waals surface area contributed by atoms with Crippen LogP contribution >= 0.6 is 0 Å². The number of hydrogen-bond donors (Lipinski definition) is 1. The number of primary amides is 1. The minimum absolute atomic E-state index is 0.159. The van der Waals surface area contributed by atoms with Gasteiger partial charge in [-0.05, 0) is 12.1 Å². The Hall–Kier alpha value is -2.03. The molecule has 0 aliphatic carbocycles. The van der Waals surface area contributed by atoms with Crippen molar-refractivity contribution in [3.63, 3.8) is 0 Å². The highest BCUT2D eigenvalue weighted by Gasteiger charge is 2.10. The van der Waals surface area contributed by atoms with Gasteiger partial charge >= 0.3 is 0 Å². The van der Waals surface area contributed by atoms with Crippen molar-refractivity contribution < 1.29 is 9.53 Å². The third kappa shape index (κ3) is 1.52. The van der Waals surface area contributed by atoms with Gasteiger partial charge in [0.15, 0.2) is 5.76 Å². The molecule has 0 spiro atoms. The summed E-state index contributed by atoms with van der Waals surface area (Å²) in [6.07, 6.45) is 5.17. The van der Waals surface area contributed by atoms with Crippen molar-refractivity contribution in [2.24, 2.45) is 5.73 Å². The lowest BCUT2D eigenvalue weighted by molar-refractivity contribution is -0.116. The Labute approximate surface area is 81.5 Å². The van der Waals surface area contributed by atoms with Crippen LogP contribution < -0.4 is 10.5 Å². The first-order valence-corrected chi connectivity index (χ1v) is 4.22. The second-order valence-electron chi connectivity index (χ2n) is 2.89. The lowest BCUT2D eigenvalue weighted by Crippen LogP contribution is -2.17. The number of carbonyl (C=O) groups is 1. The zero-order valence-electron chi connectivity index (χ0n) is 7.44. The topological polar surface area (TPSA) is 52.3 Å². The van der Waals surface area contributed by atoms with Crippen molar-refractivity contribution in [2.45, 2.75) is 0 Å².